The summed E-state index contributed by atoms with van der Waals surface area (Å²) < 4.78 is 5.36. The first-order valence-electron chi connectivity index (χ1n) is 8.65. The third kappa shape index (κ3) is 5.29. The van der Waals surface area contributed by atoms with E-state index < -0.39 is 11.9 Å². The van der Waals surface area contributed by atoms with Crippen molar-refractivity contribution in [2.75, 3.05) is 5.32 Å². The van der Waals surface area contributed by atoms with Crippen molar-refractivity contribution in [1.82, 2.24) is 0 Å². The van der Waals surface area contributed by atoms with Crippen LogP contribution in [0.25, 0.3) is 0 Å². The minimum absolute atomic E-state index is 0.0475. The predicted molar refractivity (Wildman–Crippen MR) is 96.2 cm³/mol. The van der Waals surface area contributed by atoms with Gasteiger partial charge in [-0.05, 0) is 51.0 Å². The molecule has 0 radical (unpaired) electrons. The molecule has 2 rings (SSSR count). The van der Waals surface area contributed by atoms with Gasteiger partial charge in [0, 0.05) is 17.7 Å². The van der Waals surface area contributed by atoms with Crippen LogP contribution in [-0.4, -0.2) is 29.1 Å². The molecule has 1 unspecified atom stereocenters. The van der Waals surface area contributed by atoms with Crippen LogP contribution in [-0.2, 0) is 27.2 Å². The summed E-state index contributed by atoms with van der Waals surface area (Å²) in [6.45, 7) is 5.77. The average molecular weight is 367 g/mol. The van der Waals surface area contributed by atoms with Crippen LogP contribution in [0.4, 0.5) is 5.00 Å². The first-order chi connectivity index (χ1) is 11.8. The minimum Gasteiger partial charge on any atom is -0.481 e. The molecule has 0 spiro atoms. The number of nitrogens with one attached hydrogen (secondary N) is 1. The minimum atomic E-state index is -0.922. The molecule has 0 aliphatic heterocycles. The number of carbonyl (C=O) groups is 3. The summed E-state index contributed by atoms with van der Waals surface area (Å²) in [4.78, 5) is 36.3. The molecule has 1 heterocycles. The number of amides is 1. The fourth-order valence-electron chi connectivity index (χ4n) is 2.92. The average Bonchev–Trinajstić information content (AvgIpc) is 2.82. The molecule has 0 saturated carbocycles. The van der Waals surface area contributed by atoms with E-state index in [9.17, 15) is 14.4 Å². The highest BCUT2D eigenvalue weighted by atomic mass is 32.1. The lowest BCUT2D eigenvalue weighted by atomic mass is 9.88. The molecule has 0 saturated heterocycles. The number of aliphatic carboxylic acids is 1. The van der Waals surface area contributed by atoms with Crippen molar-refractivity contribution in [3.63, 3.8) is 0 Å². The van der Waals surface area contributed by atoms with Gasteiger partial charge in [-0.1, -0.05) is 6.92 Å². The van der Waals surface area contributed by atoms with Gasteiger partial charge in [-0.25, -0.2) is 4.79 Å². The zero-order chi connectivity index (χ0) is 18.6. The van der Waals surface area contributed by atoms with E-state index in [-0.39, 0.29) is 31.3 Å². The Bertz CT molecular complexity index is 665. The number of hydrogen-bond donors (Lipinski definition) is 2. The van der Waals surface area contributed by atoms with E-state index in [0.29, 0.717) is 16.5 Å². The van der Waals surface area contributed by atoms with E-state index in [1.807, 2.05) is 0 Å². The lowest BCUT2D eigenvalue weighted by molar-refractivity contribution is -0.137. The van der Waals surface area contributed by atoms with Gasteiger partial charge in [0.2, 0.25) is 5.91 Å². The first kappa shape index (κ1) is 19.4. The molecule has 1 aromatic heterocycles. The number of thiophene rings is 1. The molecule has 2 N–H and O–H groups in total. The third-order valence-electron chi connectivity index (χ3n) is 4.11. The van der Waals surface area contributed by atoms with E-state index >= 15 is 0 Å². The molecule has 0 bridgehead atoms. The van der Waals surface area contributed by atoms with E-state index in [4.69, 9.17) is 9.84 Å². The summed E-state index contributed by atoms with van der Waals surface area (Å²) in [6, 6.07) is 0. The summed E-state index contributed by atoms with van der Waals surface area (Å²) in [5.41, 5.74) is 1.47. The number of carboxylic acid groups (broad SMARTS) is 1. The van der Waals surface area contributed by atoms with E-state index in [0.717, 1.165) is 29.7 Å². The van der Waals surface area contributed by atoms with Crippen molar-refractivity contribution < 1.29 is 24.2 Å². The number of hydrogen-bond acceptors (Lipinski definition) is 5. The van der Waals surface area contributed by atoms with Crippen molar-refractivity contribution in [1.29, 1.82) is 0 Å². The summed E-state index contributed by atoms with van der Waals surface area (Å²) in [5, 5.41) is 12.0. The largest absolute Gasteiger partial charge is 0.481 e. The molecule has 1 aromatic rings. The highest BCUT2D eigenvalue weighted by Crippen LogP contribution is 2.40. The lowest BCUT2D eigenvalue weighted by Gasteiger charge is -2.18. The van der Waals surface area contributed by atoms with Gasteiger partial charge in [-0.3, -0.25) is 9.59 Å². The second kappa shape index (κ2) is 8.47. The van der Waals surface area contributed by atoms with Crippen LogP contribution in [0.1, 0.15) is 67.3 Å². The number of anilines is 1. The highest BCUT2D eigenvalue weighted by molar-refractivity contribution is 7.17. The Hall–Kier alpha value is -1.89. The molecular formula is C18H25NO5S. The van der Waals surface area contributed by atoms with E-state index in [1.54, 1.807) is 13.8 Å². The Morgan fingerprint density at radius 1 is 1.32 bits per heavy atom. The molecule has 0 aromatic carbocycles. The molecule has 6 nitrogen and oxygen atoms in total. The SMILES string of the molecule is CC1CCc2c(sc(NC(=O)CCCC(=O)O)c2C(=O)OC(C)C)C1. The maximum absolute atomic E-state index is 12.5. The van der Waals surface area contributed by atoms with Crippen molar-refractivity contribution in [2.45, 2.75) is 65.4 Å². The van der Waals surface area contributed by atoms with Crippen molar-refractivity contribution in [3.05, 3.63) is 16.0 Å². The Morgan fingerprint density at radius 2 is 2.04 bits per heavy atom. The molecule has 7 heteroatoms. The molecule has 0 fully saturated rings. The summed E-state index contributed by atoms with van der Waals surface area (Å²) >= 11 is 1.44. The Labute approximate surface area is 151 Å². The zero-order valence-corrected chi connectivity index (χ0v) is 15.7. The lowest BCUT2D eigenvalue weighted by Crippen LogP contribution is -2.18. The second-order valence-electron chi connectivity index (χ2n) is 6.81. The molecule has 1 aliphatic carbocycles. The van der Waals surface area contributed by atoms with E-state index in [1.165, 1.54) is 11.3 Å². The zero-order valence-electron chi connectivity index (χ0n) is 14.9. The maximum atomic E-state index is 12.5. The van der Waals surface area contributed by atoms with Crippen LogP contribution < -0.4 is 5.32 Å². The predicted octanol–water partition coefficient (Wildman–Crippen LogP) is 3.63. The van der Waals surface area contributed by atoms with Crippen LogP contribution in [0.5, 0.6) is 0 Å². The standard InChI is InChI=1S/C18H25NO5S/c1-10(2)24-18(23)16-12-8-7-11(3)9-13(12)25-17(16)19-14(20)5-4-6-15(21)22/h10-11H,4-9H2,1-3H3,(H,19,20)(H,21,22). The van der Waals surface area contributed by atoms with Gasteiger partial charge in [-0.2, -0.15) is 0 Å². The summed E-state index contributed by atoms with van der Waals surface area (Å²) in [5.74, 6) is -1.04. The summed E-state index contributed by atoms with van der Waals surface area (Å²) in [6.07, 6.45) is 2.83. The highest BCUT2D eigenvalue weighted by Gasteiger charge is 2.29. The Balaban J connectivity index is 2.19. The number of carboxylic acids is 1. The number of fused-ring (bicyclic) bond motifs is 1. The quantitative estimate of drug-likeness (QED) is 0.718. The molecule has 1 amide bonds. The molecule has 138 valence electrons. The fraction of sp³-hybridized carbons (Fsp3) is 0.611. The Kier molecular flexibility index (Phi) is 6.58. The van der Waals surface area contributed by atoms with Gasteiger partial charge in [0.05, 0.1) is 11.7 Å². The van der Waals surface area contributed by atoms with Crippen LogP contribution in [0.15, 0.2) is 0 Å². The molecule has 1 atom stereocenters. The second-order valence-corrected chi connectivity index (χ2v) is 7.91. The number of esters is 1. The smallest absolute Gasteiger partial charge is 0.341 e. The van der Waals surface area contributed by atoms with Gasteiger partial charge < -0.3 is 15.2 Å². The monoisotopic (exact) mass is 367 g/mol. The van der Waals surface area contributed by atoms with Crippen molar-refractivity contribution in [3.8, 4) is 0 Å². The van der Waals surface area contributed by atoms with Crippen LogP contribution >= 0.6 is 11.3 Å². The topological polar surface area (TPSA) is 92.7 Å². The first-order valence-corrected chi connectivity index (χ1v) is 9.46. The molecule has 25 heavy (non-hydrogen) atoms. The number of rotatable bonds is 7. The fourth-order valence-corrected chi connectivity index (χ4v) is 4.33. The van der Waals surface area contributed by atoms with E-state index in [2.05, 4.69) is 12.2 Å². The van der Waals surface area contributed by atoms with Crippen LogP contribution in [0.3, 0.4) is 0 Å². The van der Waals surface area contributed by atoms with Gasteiger partial charge >= 0.3 is 11.9 Å². The molecular weight excluding hydrogens is 342 g/mol. The van der Waals surface area contributed by atoms with Gasteiger partial charge in [-0.15, -0.1) is 11.3 Å². The summed E-state index contributed by atoms with van der Waals surface area (Å²) in [7, 11) is 0. The van der Waals surface area contributed by atoms with Crippen molar-refractivity contribution >= 4 is 34.2 Å². The van der Waals surface area contributed by atoms with Crippen LogP contribution in [0.2, 0.25) is 0 Å². The third-order valence-corrected chi connectivity index (χ3v) is 5.28. The Morgan fingerprint density at radius 3 is 2.68 bits per heavy atom. The van der Waals surface area contributed by atoms with Gasteiger partial charge in [0.1, 0.15) is 5.00 Å². The van der Waals surface area contributed by atoms with Gasteiger partial charge in [0.25, 0.3) is 0 Å². The normalized spacial score (nSPS) is 16.4. The maximum Gasteiger partial charge on any atom is 0.341 e. The van der Waals surface area contributed by atoms with Gasteiger partial charge in [0.15, 0.2) is 0 Å². The van der Waals surface area contributed by atoms with Crippen LogP contribution in [0, 0.1) is 5.92 Å². The van der Waals surface area contributed by atoms with Crippen molar-refractivity contribution in [2.24, 2.45) is 5.92 Å². The number of carbonyl (C=O) groups excluding carboxylic acids is 2. The molecule has 1 aliphatic rings. The number of ether oxygens (including phenoxy) is 1.